The molecule has 1 heterocycles. The van der Waals surface area contributed by atoms with Gasteiger partial charge in [-0.3, -0.25) is 0 Å². The first-order chi connectivity index (χ1) is 15.8. The first-order valence-electron chi connectivity index (χ1n) is 11.7. The Kier molecular flexibility index (Phi) is 8.45. The number of hydrogen-bond donors (Lipinski definition) is 0. The van der Waals surface area contributed by atoms with Crippen molar-refractivity contribution in [2.24, 2.45) is 17.0 Å². The maximum absolute atomic E-state index is 6.20. The molecule has 3 atom stereocenters. The van der Waals surface area contributed by atoms with Crippen molar-refractivity contribution in [3.8, 4) is 11.3 Å². The number of oxime groups is 1. The molecular weight excluding hydrogens is 412 g/mol. The lowest BCUT2D eigenvalue weighted by Crippen LogP contribution is -2.28. The Morgan fingerprint density at radius 2 is 1.64 bits per heavy atom. The highest BCUT2D eigenvalue weighted by atomic mass is 16.6. The highest BCUT2D eigenvalue weighted by Crippen LogP contribution is 2.30. The molecule has 5 heteroatoms. The first kappa shape index (κ1) is 24.7. The summed E-state index contributed by atoms with van der Waals surface area (Å²) in [7, 11) is 0. The smallest absolute Gasteiger partial charge is 0.184 e. The lowest BCUT2D eigenvalue weighted by atomic mass is 9.95. The van der Waals surface area contributed by atoms with Gasteiger partial charge in [0, 0.05) is 23.8 Å². The van der Waals surface area contributed by atoms with Crippen LogP contribution in [-0.4, -0.2) is 17.5 Å². The summed E-state index contributed by atoms with van der Waals surface area (Å²) in [5.74, 6) is 1.10. The van der Waals surface area contributed by atoms with Gasteiger partial charge < -0.3 is 14.1 Å². The molecule has 0 aliphatic carbocycles. The van der Waals surface area contributed by atoms with Crippen LogP contribution in [0.25, 0.3) is 11.3 Å². The van der Waals surface area contributed by atoms with Crippen LogP contribution >= 0.6 is 0 Å². The van der Waals surface area contributed by atoms with Gasteiger partial charge in [-0.25, -0.2) is 0 Å². The Balaban J connectivity index is 1.60. The predicted molar refractivity (Wildman–Crippen MR) is 133 cm³/mol. The van der Waals surface area contributed by atoms with Gasteiger partial charge in [0.1, 0.15) is 5.69 Å². The van der Waals surface area contributed by atoms with E-state index < -0.39 is 0 Å². The van der Waals surface area contributed by atoms with Crippen molar-refractivity contribution < 1.29 is 14.1 Å². The number of ether oxygens (including phenoxy) is 1. The summed E-state index contributed by atoms with van der Waals surface area (Å²) in [6, 6.07) is 16.5. The van der Waals surface area contributed by atoms with Crippen LogP contribution in [0.1, 0.15) is 61.8 Å². The zero-order valence-corrected chi connectivity index (χ0v) is 20.8. The third kappa shape index (κ3) is 6.55. The molecule has 2 aromatic carbocycles. The van der Waals surface area contributed by atoms with E-state index in [9.17, 15) is 0 Å². The van der Waals surface area contributed by atoms with Gasteiger partial charge in [-0.15, -0.1) is 0 Å². The maximum Gasteiger partial charge on any atom is 0.184 e. The SMILES string of the molecule is Cc1cc(C)c(-c2cc([C@H](C)O/N=C/[C@@H](C)[C@H](OCc3ccccc3)C(C)C)on2)c(C)c1. The number of aromatic nitrogens is 1. The van der Waals surface area contributed by atoms with Gasteiger partial charge in [0.25, 0.3) is 0 Å². The van der Waals surface area contributed by atoms with Crippen molar-refractivity contribution in [1.29, 1.82) is 0 Å². The summed E-state index contributed by atoms with van der Waals surface area (Å²) < 4.78 is 11.8. The molecule has 0 spiro atoms. The van der Waals surface area contributed by atoms with E-state index in [1.165, 1.54) is 16.7 Å². The molecule has 0 unspecified atom stereocenters. The monoisotopic (exact) mass is 448 g/mol. The molecule has 5 nitrogen and oxygen atoms in total. The minimum absolute atomic E-state index is 0.0391. The summed E-state index contributed by atoms with van der Waals surface area (Å²) in [6.45, 7) is 15.2. The summed E-state index contributed by atoms with van der Waals surface area (Å²) in [6.07, 6.45) is 1.51. The van der Waals surface area contributed by atoms with E-state index in [4.69, 9.17) is 14.1 Å². The molecular formula is C28H36N2O3. The van der Waals surface area contributed by atoms with Crippen LogP contribution in [0.5, 0.6) is 0 Å². The zero-order valence-electron chi connectivity index (χ0n) is 20.8. The van der Waals surface area contributed by atoms with Gasteiger partial charge in [-0.2, -0.15) is 0 Å². The first-order valence-corrected chi connectivity index (χ1v) is 11.7. The molecule has 176 valence electrons. The normalized spacial score (nSPS) is 14.5. The summed E-state index contributed by atoms with van der Waals surface area (Å²) in [5, 5.41) is 8.52. The molecule has 0 bridgehead atoms. The lowest BCUT2D eigenvalue weighted by molar-refractivity contribution is -0.00813. The molecule has 3 rings (SSSR count). The molecule has 0 radical (unpaired) electrons. The van der Waals surface area contributed by atoms with Crippen molar-refractivity contribution in [3.05, 3.63) is 76.5 Å². The van der Waals surface area contributed by atoms with Crippen LogP contribution < -0.4 is 0 Å². The zero-order chi connectivity index (χ0) is 24.0. The van der Waals surface area contributed by atoms with Gasteiger partial charge in [0.05, 0.1) is 12.7 Å². The van der Waals surface area contributed by atoms with Crippen LogP contribution in [0.3, 0.4) is 0 Å². The Hall–Kier alpha value is -2.92. The van der Waals surface area contributed by atoms with E-state index in [1.807, 2.05) is 37.4 Å². The molecule has 0 N–H and O–H groups in total. The minimum atomic E-state index is -0.344. The molecule has 33 heavy (non-hydrogen) atoms. The third-order valence-corrected chi connectivity index (χ3v) is 5.84. The van der Waals surface area contributed by atoms with Gasteiger partial charge in [-0.05, 0) is 50.3 Å². The van der Waals surface area contributed by atoms with E-state index >= 15 is 0 Å². The van der Waals surface area contributed by atoms with Gasteiger partial charge in [0.2, 0.25) is 0 Å². The molecule has 1 aromatic heterocycles. The highest BCUT2D eigenvalue weighted by molar-refractivity contribution is 5.68. The van der Waals surface area contributed by atoms with Crippen molar-refractivity contribution in [2.45, 2.75) is 67.3 Å². The van der Waals surface area contributed by atoms with Crippen LogP contribution in [0.2, 0.25) is 0 Å². The average Bonchev–Trinajstić information content (AvgIpc) is 3.23. The molecule has 0 saturated carbocycles. The van der Waals surface area contributed by atoms with Gasteiger partial charge in [0.15, 0.2) is 11.9 Å². The van der Waals surface area contributed by atoms with Crippen molar-refractivity contribution in [1.82, 2.24) is 5.16 Å². The molecule has 0 aliphatic heterocycles. The number of rotatable bonds is 10. The molecule has 0 aliphatic rings. The second kappa shape index (κ2) is 11.3. The summed E-state index contributed by atoms with van der Waals surface area (Å²) in [5.41, 5.74) is 6.70. The number of aryl methyl sites for hydroxylation is 3. The van der Waals surface area contributed by atoms with Crippen LogP contribution in [0.15, 0.2) is 58.2 Å². The van der Waals surface area contributed by atoms with E-state index in [2.05, 4.69) is 76.1 Å². The minimum Gasteiger partial charge on any atom is -0.385 e. The number of benzene rings is 2. The molecule has 0 saturated heterocycles. The molecule has 0 amide bonds. The lowest BCUT2D eigenvalue weighted by Gasteiger charge is -2.25. The van der Waals surface area contributed by atoms with Gasteiger partial charge >= 0.3 is 0 Å². The van der Waals surface area contributed by atoms with Crippen molar-refractivity contribution in [2.75, 3.05) is 0 Å². The van der Waals surface area contributed by atoms with Crippen LogP contribution in [0.4, 0.5) is 0 Å². The largest absolute Gasteiger partial charge is 0.385 e. The molecule has 3 aromatic rings. The maximum atomic E-state index is 6.20. The van der Waals surface area contributed by atoms with Gasteiger partial charge in [-0.1, -0.05) is 79.1 Å². The standard InChI is InChI=1S/C28H36N2O3/c1-18(2)28(31-17-24-11-9-8-10-12-24)22(6)16-29-32-23(7)26-15-25(30-33-26)27-20(4)13-19(3)14-21(27)5/h8-16,18,22-23,28H,17H2,1-7H3/b29-16+/t22-,23+,28-/m1/s1. The fourth-order valence-electron chi connectivity index (χ4n) is 4.26. The third-order valence-electron chi connectivity index (χ3n) is 5.84. The van der Waals surface area contributed by atoms with E-state index in [1.54, 1.807) is 0 Å². The van der Waals surface area contributed by atoms with E-state index in [-0.39, 0.29) is 18.1 Å². The Labute approximate surface area is 197 Å². The average molecular weight is 449 g/mol. The fraction of sp³-hybridized carbons (Fsp3) is 0.429. The fourth-order valence-corrected chi connectivity index (χ4v) is 4.26. The summed E-state index contributed by atoms with van der Waals surface area (Å²) >= 11 is 0. The second-order valence-electron chi connectivity index (χ2n) is 9.25. The van der Waals surface area contributed by atoms with Crippen LogP contribution in [0, 0.1) is 32.6 Å². The van der Waals surface area contributed by atoms with E-state index in [0.29, 0.717) is 18.3 Å². The predicted octanol–water partition coefficient (Wildman–Crippen LogP) is 7.21. The Morgan fingerprint density at radius 1 is 0.970 bits per heavy atom. The van der Waals surface area contributed by atoms with E-state index in [0.717, 1.165) is 16.8 Å². The Bertz CT molecular complexity index is 1030. The van der Waals surface area contributed by atoms with Crippen LogP contribution in [-0.2, 0) is 16.2 Å². The molecule has 0 fully saturated rings. The quantitative estimate of drug-likeness (QED) is 0.243. The highest BCUT2D eigenvalue weighted by Gasteiger charge is 2.21. The second-order valence-corrected chi connectivity index (χ2v) is 9.25. The number of hydrogen-bond acceptors (Lipinski definition) is 5. The topological polar surface area (TPSA) is 56.9 Å². The number of nitrogens with zero attached hydrogens (tertiary/aromatic N) is 2. The van der Waals surface area contributed by atoms with Crippen molar-refractivity contribution >= 4 is 6.21 Å². The summed E-state index contributed by atoms with van der Waals surface area (Å²) in [4.78, 5) is 5.70. The Morgan fingerprint density at radius 3 is 2.27 bits per heavy atom. The van der Waals surface area contributed by atoms with Crippen molar-refractivity contribution in [3.63, 3.8) is 0 Å².